The topological polar surface area (TPSA) is 88.4 Å². The van der Waals surface area contributed by atoms with Crippen LogP contribution in [0.2, 0.25) is 10.0 Å². The summed E-state index contributed by atoms with van der Waals surface area (Å²) in [7, 11) is 0. The highest BCUT2D eigenvalue weighted by Crippen LogP contribution is 2.27. The summed E-state index contributed by atoms with van der Waals surface area (Å²) in [6.45, 7) is 0.174. The van der Waals surface area contributed by atoms with Crippen LogP contribution in [0, 0.1) is 11.3 Å². The Morgan fingerprint density at radius 1 is 1.08 bits per heavy atom. The minimum Gasteiger partial charge on any atom is -0.488 e. The highest BCUT2D eigenvalue weighted by Gasteiger charge is 2.09. The van der Waals surface area contributed by atoms with E-state index in [1.807, 2.05) is 0 Å². The van der Waals surface area contributed by atoms with Crippen molar-refractivity contribution in [2.45, 2.75) is 6.42 Å². The molecule has 0 aromatic heterocycles. The highest BCUT2D eigenvalue weighted by molar-refractivity contribution is 6.35. The Bertz CT molecular complexity index is 832. The maximum absolute atomic E-state index is 12.0. The number of esters is 1. The molecule has 0 fully saturated rings. The Balaban J connectivity index is 1.79. The van der Waals surface area contributed by atoms with Crippen LogP contribution in [0.25, 0.3) is 0 Å². The molecule has 0 atom stereocenters. The van der Waals surface area contributed by atoms with Crippen LogP contribution in [0.3, 0.4) is 0 Å². The average Bonchev–Trinajstić information content (AvgIpc) is 2.61. The molecule has 8 heteroatoms. The molecule has 1 N–H and O–H groups in total. The summed E-state index contributed by atoms with van der Waals surface area (Å²) in [4.78, 5) is 23.3. The van der Waals surface area contributed by atoms with Gasteiger partial charge in [0.2, 0.25) is 5.91 Å². The summed E-state index contributed by atoms with van der Waals surface area (Å²) < 4.78 is 10.5. The van der Waals surface area contributed by atoms with Crippen molar-refractivity contribution in [2.75, 3.05) is 18.5 Å². The molecule has 0 heterocycles. The first-order valence-electron chi connectivity index (χ1n) is 7.51. The van der Waals surface area contributed by atoms with E-state index in [1.165, 1.54) is 12.1 Å². The molecule has 0 aliphatic rings. The van der Waals surface area contributed by atoms with Gasteiger partial charge in [0, 0.05) is 10.7 Å². The van der Waals surface area contributed by atoms with Gasteiger partial charge >= 0.3 is 5.97 Å². The molecule has 0 radical (unpaired) electrons. The lowest BCUT2D eigenvalue weighted by Crippen LogP contribution is -2.13. The third-order valence-electron chi connectivity index (χ3n) is 3.11. The third kappa shape index (κ3) is 5.96. The molecule has 6 nitrogen and oxygen atoms in total. The number of hydrogen-bond donors (Lipinski definition) is 1. The first-order valence-corrected chi connectivity index (χ1v) is 8.27. The fraction of sp³-hybridized carbons (Fsp3) is 0.167. The van der Waals surface area contributed by atoms with Gasteiger partial charge in [-0.3, -0.25) is 4.79 Å². The SMILES string of the molecule is N#CCC(=O)Nc1ccc(C(=O)OCCOc2ccc(Cl)cc2Cl)cc1. The standard InChI is InChI=1S/C18H14Cl2N2O4/c19-13-3-6-16(15(20)11-13)25-9-10-26-18(24)12-1-4-14(5-2-12)22-17(23)7-8-21/h1-6,11H,7,9-10H2,(H,22,23). The smallest absolute Gasteiger partial charge is 0.338 e. The van der Waals surface area contributed by atoms with Crippen LogP contribution < -0.4 is 10.1 Å². The van der Waals surface area contributed by atoms with E-state index in [9.17, 15) is 9.59 Å². The Kier molecular flexibility index (Phi) is 7.27. The number of carbonyl (C=O) groups excluding carboxylic acids is 2. The van der Waals surface area contributed by atoms with Crippen molar-refractivity contribution in [3.8, 4) is 11.8 Å². The fourth-order valence-corrected chi connectivity index (χ4v) is 2.39. The normalized spacial score (nSPS) is 9.88. The van der Waals surface area contributed by atoms with Crippen LogP contribution in [0.4, 0.5) is 5.69 Å². The van der Waals surface area contributed by atoms with Gasteiger partial charge in [0.25, 0.3) is 0 Å². The summed E-state index contributed by atoms with van der Waals surface area (Å²) in [5.41, 5.74) is 0.815. The zero-order valence-electron chi connectivity index (χ0n) is 13.5. The van der Waals surface area contributed by atoms with Gasteiger partial charge in [0.15, 0.2) is 0 Å². The lowest BCUT2D eigenvalue weighted by molar-refractivity contribution is -0.115. The molecule has 0 unspecified atom stereocenters. The predicted molar refractivity (Wildman–Crippen MR) is 97.5 cm³/mol. The number of rotatable bonds is 7. The Morgan fingerprint density at radius 3 is 2.46 bits per heavy atom. The Hall–Kier alpha value is -2.75. The van der Waals surface area contributed by atoms with Crippen molar-refractivity contribution in [3.63, 3.8) is 0 Å². The van der Waals surface area contributed by atoms with E-state index in [2.05, 4.69) is 5.32 Å². The zero-order valence-corrected chi connectivity index (χ0v) is 15.0. The molecule has 0 saturated heterocycles. The average molecular weight is 393 g/mol. The molecule has 0 bridgehead atoms. The third-order valence-corrected chi connectivity index (χ3v) is 3.64. The monoisotopic (exact) mass is 392 g/mol. The van der Waals surface area contributed by atoms with Crippen LogP contribution in [0.1, 0.15) is 16.8 Å². The number of nitrogens with one attached hydrogen (secondary N) is 1. The fourth-order valence-electron chi connectivity index (χ4n) is 1.93. The van der Waals surface area contributed by atoms with Gasteiger partial charge in [-0.15, -0.1) is 0 Å². The summed E-state index contributed by atoms with van der Waals surface area (Å²) in [5, 5.41) is 11.8. The van der Waals surface area contributed by atoms with E-state index < -0.39 is 11.9 Å². The minimum atomic E-state index is -0.522. The van der Waals surface area contributed by atoms with Gasteiger partial charge in [-0.25, -0.2) is 4.79 Å². The first kappa shape index (κ1) is 19.6. The van der Waals surface area contributed by atoms with Crippen LogP contribution >= 0.6 is 23.2 Å². The summed E-state index contributed by atoms with van der Waals surface area (Å²) >= 11 is 11.8. The molecule has 134 valence electrons. The van der Waals surface area contributed by atoms with Gasteiger partial charge in [0.05, 0.1) is 16.7 Å². The van der Waals surface area contributed by atoms with Gasteiger partial charge in [-0.05, 0) is 42.5 Å². The van der Waals surface area contributed by atoms with Crippen molar-refractivity contribution in [1.29, 1.82) is 5.26 Å². The van der Waals surface area contributed by atoms with Crippen molar-refractivity contribution in [1.82, 2.24) is 0 Å². The molecule has 0 aliphatic heterocycles. The van der Waals surface area contributed by atoms with Crippen molar-refractivity contribution >= 4 is 40.8 Å². The van der Waals surface area contributed by atoms with E-state index in [1.54, 1.807) is 36.4 Å². The number of carbonyl (C=O) groups is 2. The number of anilines is 1. The van der Waals surface area contributed by atoms with Crippen LogP contribution in [0.15, 0.2) is 42.5 Å². The Morgan fingerprint density at radius 2 is 1.81 bits per heavy atom. The molecule has 26 heavy (non-hydrogen) atoms. The van der Waals surface area contributed by atoms with Crippen molar-refractivity contribution in [2.24, 2.45) is 0 Å². The maximum Gasteiger partial charge on any atom is 0.338 e. The summed E-state index contributed by atoms with van der Waals surface area (Å²) in [6, 6.07) is 12.7. The number of nitriles is 1. The van der Waals surface area contributed by atoms with Crippen molar-refractivity contribution < 1.29 is 19.1 Å². The zero-order chi connectivity index (χ0) is 18.9. The first-order chi connectivity index (χ1) is 12.5. The molecule has 2 aromatic carbocycles. The highest BCUT2D eigenvalue weighted by atomic mass is 35.5. The minimum absolute atomic E-state index is 0.0401. The van der Waals surface area contributed by atoms with Gasteiger partial charge in [-0.2, -0.15) is 5.26 Å². The second kappa shape index (κ2) is 9.66. The van der Waals surface area contributed by atoms with E-state index >= 15 is 0 Å². The molecule has 0 saturated carbocycles. The van der Waals surface area contributed by atoms with Crippen LogP contribution in [-0.4, -0.2) is 25.1 Å². The summed E-state index contributed by atoms with van der Waals surface area (Å²) in [5.74, 6) is -0.490. The number of halogens is 2. The lowest BCUT2D eigenvalue weighted by Gasteiger charge is -2.09. The van der Waals surface area contributed by atoms with Crippen LogP contribution in [0.5, 0.6) is 5.75 Å². The number of ether oxygens (including phenoxy) is 2. The second-order valence-corrected chi connectivity index (χ2v) is 5.86. The largest absolute Gasteiger partial charge is 0.488 e. The number of amides is 1. The molecule has 2 aromatic rings. The molecular weight excluding hydrogens is 379 g/mol. The van der Waals surface area contributed by atoms with Crippen molar-refractivity contribution in [3.05, 3.63) is 58.1 Å². The predicted octanol–water partition coefficient (Wildman–Crippen LogP) is 4.08. The molecule has 0 aliphatic carbocycles. The van der Waals surface area contributed by atoms with E-state index in [0.29, 0.717) is 27.0 Å². The molecule has 0 spiro atoms. The second-order valence-electron chi connectivity index (χ2n) is 5.02. The van der Waals surface area contributed by atoms with E-state index in [4.69, 9.17) is 37.9 Å². The quantitative estimate of drug-likeness (QED) is 0.566. The van der Waals surface area contributed by atoms with Gasteiger partial charge in [-0.1, -0.05) is 23.2 Å². The molecular formula is C18H14Cl2N2O4. The number of benzene rings is 2. The van der Waals surface area contributed by atoms with E-state index in [-0.39, 0.29) is 19.6 Å². The van der Waals surface area contributed by atoms with Gasteiger partial charge in [0.1, 0.15) is 25.4 Å². The van der Waals surface area contributed by atoms with E-state index in [0.717, 1.165) is 0 Å². The maximum atomic E-state index is 12.0. The molecule has 1 amide bonds. The van der Waals surface area contributed by atoms with Crippen LogP contribution in [-0.2, 0) is 9.53 Å². The number of nitrogens with zero attached hydrogens (tertiary/aromatic N) is 1. The number of hydrogen-bond acceptors (Lipinski definition) is 5. The van der Waals surface area contributed by atoms with Gasteiger partial charge < -0.3 is 14.8 Å². The molecule has 2 rings (SSSR count). The summed E-state index contributed by atoms with van der Waals surface area (Å²) in [6.07, 6.45) is -0.235. The lowest BCUT2D eigenvalue weighted by atomic mass is 10.2. The Labute approximate surface area is 160 Å².